The van der Waals surface area contributed by atoms with Gasteiger partial charge in [0.2, 0.25) is 0 Å². The smallest absolute Gasteiger partial charge is 0.177 e. The molecule has 0 aliphatic rings. The Morgan fingerprint density at radius 3 is 2.33 bits per heavy atom. The third kappa shape index (κ3) is 1.84. The van der Waals surface area contributed by atoms with Crippen LogP contribution in [0.3, 0.4) is 0 Å². The molecular formula is C3H6FNO. The van der Waals surface area contributed by atoms with Gasteiger partial charge in [-0.1, -0.05) is 0 Å². The minimum Gasteiger partial charge on any atom is -0.324 e. The highest BCUT2D eigenvalue weighted by molar-refractivity contribution is 5.81. The van der Waals surface area contributed by atoms with Gasteiger partial charge >= 0.3 is 0 Å². The van der Waals surface area contributed by atoms with Gasteiger partial charge in [0.25, 0.3) is 0 Å². The Balaban J connectivity index is 2.99. The highest BCUT2D eigenvalue weighted by Gasteiger charge is 1.90. The van der Waals surface area contributed by atoms with Crippen molar-refractivity contribution < 1.29 is 9.18 Å². The quantitative estimate of drug-likeness (QED) is 0.497. The summed E-state index contributed by atoms with van der Waals surface area (Å²) >= 11 is 0. The molecule has 2 N–H and O–H groups in total. The second-order valence-electron chi connectivity index (χ2n) is 0.876. The van der Waals surface area contributed by atoms with Gasteiger partial charge in [0, 0.05) is 0 Å². The van der Waals surface area contributed by atoms with Crippen molar-refractivity contribution in [1.29, 1.82) is 0 Å². The number of rotatable bonds is 2. The number of carbonyl (C=O) groups excluding carboxylic acids is 1. The zero-order valence-electron chi connectivity index (χ0n) is 3.28. The van der Waals surface area contributed by atoms with Gasteiger partial charge in [0.1, 0.15) is 6.67 Å². The second kappa shape index (κ2) is 2.78. The lowest BCUT2D eigenvalue weighted by Gasteiger charge is -1.79. The van der Waals surface area contributed by atoms with Crippen LogP contribution in [-0.2, 0) is 4.79 Å². The van der Waals surface area contributed by atoms with E-state index in [1.165, 1.54) is 0 Å². The third-order valence-electron chi connectivity index (χ3n) is 0.377. The first-order valence-electron chi connectivity index (χ1n) is 1.59. The number of hydrogen-bond donors (Lipinski definition) is 1. The first-order valence-corrected chi connectivity index (χ1v) is 1.59. The van der Waals surface area contributed by atoms with E-state index in [9.17, 15) is 9.18 Å². The molecule has 0 amide bonds. The topological polar surface area (TPSA) is 43.1 Å². The Morgan fingerprint density at radius 2 is 2.33 bits per heavy atom. The molecule has 0 rings (SSSR count). The van der Waals surface area contributed by atoms with Crippen molar-refractivity contribution in [3.8, 4) is 0 Å². The number of hydrogen-bond acceptors (Lipinski definition) is 2. The number of ketones is 1. The number of alkyl halides is 1. The van der Waals surface area contributed by atoms with Gasteiger partial charge < -0.3 is 5.73 Å². The van der Waals surface area contributed by atoms with Crippen molar-refractivity contribution >= 4 is 5.78 Å². The predicted molar refractivity (Wildman–Crippen MR) is 20.0 cm³/mol. The van der Waals surface area contributed by atoms with Crippen molar-refractivity contribution in [2.75, 3.05) is 13.2 Å². The highest BCUT2D eigenvalue weighted by Crippen LogP contribution is 1.65. The second-order valence-corrected chi connectivity index (χ2v) is 0.876. The Kier molecular flexibility index (Phi) is 2.58. The van der Waals surface area contributed by atoms with E-state index in [2.05, 4.69) is 0 Å². The van der Waals surface area contributed by atoms with Gasteiger partial charge in [0.15, 0.2) is 5.78 Å². The summed E-state index contributed by atoms with van der Waals surface area (Å²) in [5.41, 5.74) is 4.69. The molecule has 0 bridgehead atoms. The molecule has 36 valence electrons. The molecule has 0 radical (unpaired) electrons. The largest absolute Gasteiger partial charge is 0.324 e. The normalized spacial score (nSPS) is 8.33. The minimum absolute atomic E-state index is 0.184. The lowest BCUT2D eigenvalue weighted by Crippen LogP contribution is -2.14. The summed E-state index contributed by atoms with van der Waals surface area (Å²) < 4.78 is 11.0. The van der Waals surface area contributed by atoms with Crippen molar-refractivity contribution in [3.63, 3.8) is 0 Å². The van der Waals surface area contributed by atoms with Crippen LogP contribution in [0.4, 0.5) is 4.39 Å². The van der Waals surface area contributed by atoms with Crippen molar-refractivity contribution in [2.45, 2.75) is 0 Å². The van der Waals surface area contributed by atoms with E-state index < -0.39 is 12.5 Å². The molecule has 6 heavy (non-hydrogen) atoms. The lowest BCUT2D eigenvalue weighted by molar-refractivity contribution is -0.118. The highest BCUT2D eigenvalue weighted by atomic mass is 19.1. The first kappa shape index (κ1) is 5.56. The van der Waals surface area contributed by atoms with Gasteiger partial charge in [-0.3, -0.25) is 4.79 Å². The summed E-state index contributed by atoms with van der Waals surface area (Å²) in [4.78, 5) is 9.68. The fourth-order valence-corrected chi connectivity index (χ4v) is 0.0546. The fraction of sp³-hybridized carbons (Fsp3) is 0.667. The molecular weight excluding hydrogens is 85.0 g/mol. The maximum atomic E-state index is 11.0. The molecule has 0 aliphatic carbocycles. The van der Waals surface area contributed by atoms with Crippen LogP contribution in [0, 0.1) is 0 Å². The molecule has 2 nitrogen and oxygen atoms in total. The SMILES string of the molecule is NCC(=O)CF. The summed E-state index contributed by atoms with van der Waals surface area (Å²) in [6.45, 7) is -1.12. The zero-order chi connectivity index (χ0) is 4.99. The Labute approximate surface area is 35.1 Å². The third-order valence-corrected chi connectivity index (χ3v) is 0.377. The molecule has 0 saturated heterocycles. The summed E-state index contributed by atoms with van der Waals surface area (Å²) in [7, 11) is 0. The average molecular weight is 91.1 g/mol. The van der Waals surface area contributed by atoms with E-state index in [1.54, 1.807) is 0 Å². The van der Waals surface area contributed by atoms with Crippen LogP contribution in [0.1, 0.15) is 0 Å². The van der Waals surface area contributed by atoms with E-state index in [1.807, 2.05) is 0 Å². The zero-order valence-corrected chi connectivity index (χ0v) is 3.28. The van der Waals surface area contributed by atoms with Crippen LogP contribution in [0.5, 0.6) is 0 Å². The number of nitrogens with two attached hydrogens (primary N) is 1. The average Bonchev–Trinajstić information content (AvgIpc) is 1.65. The van der Waals surface area contributed by atoms with E-state index in [-0.39, 0.29) is 6.54 Å². The number of Topliss-reactive ketones (excluding diaryl/α,β-unsaturated/α-hetero) is 1. The minimum atomic E-state index is -0.934. The molecule has 0 saturated carbocycles. The van der Waals surface area contributed by atoms with Gasteiger partial charge in [-0.15, -0.1) is 0 Å². The van der Waals surface area contributed by atoms with E-state index in [4.69, 9.17) is 5.73 Å². The monoisotopic (exact) mass is 91.0 g/mol. The van der Waals surface area contributed by atoms with Crippen LogP contribution < -0.4 is 5.73 Å². The van der Waals surface area contributed by atoms with Crippen LogP contribution in [0.25, 0.3) is 0 Å². The summed E-state index contributed by atoms with van der Waals surface area (Å²) in [6, 6.07) is 0. The van der Waals surface area contributed by atoms with Crippen LogP contribution >= 0.6 is 0 Å². The standard InChI is InChI=1S/C3H6FNO/c4-1-3(6)2-5/h1-2,5H2. The number of carbonyl (C=O) groups is 1. The molecule has 0 spiro atoms. The van der Waals surface area contributed by atoms with E-state index >= 15 is 0 Å². The van der Waals surface area contributed by atoms with Crippen LogP contribution in [-0.4, -0.2) is 19.0 Å². The van der Waals surface area contributed by atoms with Crippen molar-refractivity contribution in [2.24, 2.45) is 5.73 Å². The molecule has 0 aromatic carbocycles. The lowest BCUT2D eigenvalue weighted by atomic mass is 10.4. The van der Waals surface area contributed by atoms with Gasteiger partial charge in [-0.25, -0.2) is 4.39 Å². The Morgan fingerprint density at radius 1 is 1.83 bits per heavy atom. The summed E-state index contributed by atoms with van der Waals surface area (Å²) in [5, 5.41) is 0. The van der Waals surface area contributed by atoms with Crippen molar-refractivity contribution in [3.05, 3.63) is 0 Å². The maximum Gasteiger partial charge on any atom is 0.177 e. The molecule has 0 heterocycles. The van der Waals surface area contributed by atoms with E-state index in [0.717, 1.165) is 0 Å². The predicted octanol–water partition coefficient (Wildman–Crippen LogP) is -0.516. The molecule has 0 unspecified atom stereocenters. The van der Waals surface area contributed by atoms with Crippen LogP contribution in [0.2, 0.25) is 0 Å². The van der Waals surface area contributed by atoms with Gasteiger partial charge in [0.05, 0.1) is 6.54 Å². The molecule has 0 fully saturated rings. The molecule has 3 heteroatoms. The van der Waals surface area contributed by atoms with Gasteiger partial charge in [-0.05, 0) is 0 Å². The molecule has 0 atom stereocenters. The summed E-state index contributed by atoms with van der Waals surface area (Å²) in [6.07, 6.45) is 0. The van der Waals surface area contributed by atoms with E-state index in [0.29, 0.717) is 0 Å². The van der Waals surface area contributed by atoms with Crippen molar-refractivity contribution in [1.82, 2.24) is 0 Å². The van der Waals surface area contributed by atoms with Gasteiger partial charge in [-0.2, -0.15) is 0 Å². The molecule has 0 aliphatic heterocycles. The fourth-order valence-electron chi connectivity index (χ4n) is 0.0546. The Hall–Kier alpha value is -0.440. The Bertz CT molecular complexity index is 48.8. The first-order chi connectivity index (χ1) is 2.81. The maximum absolute atomic E-state index is 11.0. The molecule has 0 aromatic heterocycles. The van der Waals surface area contributed by atoms with Crippen LogP contribution in [0.15, 0.2) is 0 Å². The number of halogens is 1. The summed E-state index contributed by atoms with van der Waals surface area (Å²) in [5.74, 6) is -0.546. The molecule has 0 aromatic rings.